The van der Waals surface area contributed by atoms with E-state index in [0.29, 0.717) is 6.42 Å². The molecule has 0 spiro atoms. The van der Waals surface area contributed by atoms with Crippen molar-refractivity contribution in [1.29, 1.82) is 0 Å². The van der Waals surface area contributed by atoms with Crippen LogP contribution in [0.5, 0.6) is 0 Å². The van der Waals surface area contributed by atoms with Crippen molar-refractivity contribution in [1.82, 2.24) is 10.2 Å². The summed E-state index contributed by atoms with van der Waals surface area (Å²) in [6, 6.07) is 0. The molecule has 0 radical (unpaired) electrons. The molecule has 4 heteroatoms. The Hall–Kier alpha value is -0.610. The van der Waals surface area contributed by atoms with E-state index in [1.807, 2.05) is 0 Å². The zero-order valence-electron chi connectivity index (χ0n) is 10.9. The molecule has 0 heterocycles. The van der Waals surface area contributed by atoms with E-state index in [-0.39, 0.29) is 5.97 Å². The highest BCUT2D eigenvalue weighted by Gasteiger charge is 1.98. The largest absolute Gasteiger partial charge is 0.469 e. The van der Waals surface area contributed by atoms with Gasteiger partial charge < -0.3 is 15.0 Å². The zero-order chi connectivity index (χ0) is 12.2. The third-order valence-corrected chi connectivity index (χ3v) is 2.42. The molecule has 0 aliphatic carbocycles. The van der Waals surface area contributed by atoms with Gasteiger partial charge in [0, 0.05) is 6.42 Å². The second-order valence-corrected chi connectivity index (χ2v) is 4.29. The second-order valence-electron chi connectivity index (χ2n) is 4.29. The van der Waals surface area contributed by atoms with Crippen molar-refractivity contribution in [3.05, 3.63) is 0 Å². The minimum atomic E-state index is -0.0982. The van der Waals surface area contributed by atoms with Crippen molar-refractivity contribution in [2.24, 2.45) is 0 Å². The van der Waals surface area contributed by atoms with Crippen LogP contribution in [0.3, 0.4) is 0 Å². The smallest absolute Gasteiger partial charge is 0.305 e. The van der Waals surface area contributed by atoms with E-state index < -0.39 is 0 Å². The van der Waals surface area contributed by atoms with Crippen LogP contribution in [-0.4, -0.2) is 51.7 Å². The molecule has 0 aromatic carbocycles. The molecule has 0 rings (SSSR count). The highest BCUT2D eigenvalue weighted by atomic mass is 16.5. The Kier molecular flexibility index (Phi) is 10.5. The topological polar surface area (TPSA) is 41.6 Å². The van der Waals surface area contributed by atoms with Crippen LogP contribution < -0.4 is 5.32 Å². The summed E-state index contributed by atoms with van der Waals surface area (Å²) in [4.78, 5) is 13.0. The van der Waals surface area contributed by atoms with Crippen LogP contribution in [0.2, 0.25) is 0 Å². The molecule has 4 nitrogen and oxygen atoms in total. The van der Waals surface area contributed by atoms with Crippen LogP contribution in [-0.2, 0) is 9.53 Å². The van der Waals surface area contributed by atoms with Crippen LogP contribution >= 0.6 is 0 Å². The molecule has 0 saturated heterocycles. The van der Waals surface area contributed by atoms with E-state index in [9.17, 15) is 4.79 Å². The number of unbranched alkanes of at least 4 members (excludes halogenated alkanes) is 2. The predicted octanol–water partition coefficient (Wildman–Crippen LogP) is 1.26. The Morgan fingerprint density at radius 3 is 2.44 bits per heavy atom. The Bertz CT molecular complexity index is 172. The Labute approximate surface area is 99.3 Å². The van der Waals surface area contributed by atoms with Crippen molar-refractivity contribution in [2.45, 2.75) is 32.1 Å². The molecule has 16 heavy (non-hydrogen) atoms. The average molecular weight is 230 g/mol. The number of hydrogen-bond donors (Lipinski definition) is 1. The molecule has 1 N–H and O–H groups in total. The molecule has 0 aromatic heterocycles. The lowest BCUT2D eigenvalue weighted by atomic mass is 10.2. The Morgan fingerprint density at radius 2 is 1.81 bits per heavy atom. The standard InChI is InChI=1S/C12H26N2O2/c1-14(2)11-7-10-13-9-6-4-5-8-12(15)16-3/h13H,4-11H2,1-3H3. The van der Waals surface area contributed by atoms with Gasteiger partial charge in [-0.2, -0.15) is 0 Å². The molecule has 0 aliphatic heterocycles. The van der Waals surface area contributed by atoms with Gasteiger partial charge in [0.15, 0.2) is 0 Å². The summed E-state index contributed by atoms with van der Waals surface area (Å²) in [5.74, 6) is -0.0982. The maximum absolute atomic E-state index is 10.8. The molecular weight excluding hydrogens is 204 g/mol. The van der Waals surface area contributed by atoms with Crippen molar-refractivity contribution in [3.63, 3.8) is 0 Å². The SMILES string of the molecule is COC(=O)CCCCCNCCCN(C)C. The van der Waals surface area contributed by atoms with Crippen molar-refractivity contribution in [3.8, 4) is 0 Å². The summed E-state index contributed by atoms with van der Waals surface area (Å²) in [6.07, 6.45) is 4.91. The first kappa shape index (κ1) is 15.4. The second kappa shape index (κ2) is 10.9. The first-order chi connectivity index (χ1) is 7.66. The summed E-state index contributed by atoms with van der Waals surface area (Å²) in [6.45, 7) is 3.26. The van der Waals surface area contributed by atoms with Crippen LogP contribution in [0.15, 0.2) is 0 Å². The highest BCUT2D eigenvalue weighted by molar-refractivity contribution is 5.68. The van der Waals surface area contributed by atoms with E-state index >= 15 is 0 Å². The molecule has 0 bridgehead atoms. The van der Waals surface area contributed by atoms with Gasteiger partial charge in [-0.05, 0) is 53.0 Å². The van der Waals surface area contributed by atoms with Gasteiger partial charge in [0.2, 0.25) is 0 Å². The van der Waals surface area contributed by atoms with E-state index in [1.165, 1.54) is 13.5 Å². The normalized spacial score (nSPS) is 10.8. The molecular formula is C12H26N2O2. The van der Waals surface area contributed by atoms with E-state index in [4.69, 9.17) is 0 Å². The Balaban J connectivity index is 3.01. The number of carbonyl (C=O) groups excluding carboxylic acids is 1. The van der Waals surface area contributed by atoms with Crippen molar-refractivity contribution in [2.75, 3.05) is 40.8 Å². The van der Waals surface area contributed by atoms with Gasteiger partial charge in [0.05, 0.1) is 7.11 Å². The predicted molar refractivity (Wildman–Crippen MR) is 66.5 cm³/mol. The summed E-state index contributed by atoms with van der Waals surface area (Å²) in [5.41, 5.74) is 0. The molecule has 0 fully saturated rings. The average Bonchev–Trinajstić information content (AvgIpc) is 2.26. The van der Waals surface area contributed by atoms with Gasteiger partial charge in [-0.25, -0.2) is 0 Å². The number of carbonyl (C=O) groups is 1. The lowest BCUT2D eigenvalue weighted by Crippen LogP contribution is -2.22. The number of hydrogen-bond acceptors (Lipinski definition) is 4. The lowest BCUT2D eigenvalue weighted by molar-refractivity contribution is -0.140. The molecule has 0 aromatic rings. The minimum Gasteiger partial charge on any atom is -0.469 e. The van der Waals surface area contributed by atoms with Gasteiger partial charge in [-0.15, -0.1) is 0 Å². The fourth-order valence-corrected chi connectivity index (χ4v) is 1.44. The number of ether oxygens (including phenoxy) is 1. The maximum atomic E-state index is 10.8. The molecule has 0 atom stereocenters. The third-order valence-electron chi connectivity index (χ3n) is 2.42. The summed E-state index contributed by atoms with van der Waals surface area (Å²) < 4.78 is 4.57. The first-order valence-corrected chi connectivity index (χ1v) is 6.09. The number of rotatable bonds is 10. The fourth-order valence-electron chi connectivity index (χ4n) is 1.44. The first-order valence-electron chi connectivity index (χ1n) is 6.09. The number of nitrogens with zero attached hydrogens (tertiary/aromatic N) is 1. The molecule has 0 unspecified atom stereocenters. The quantitative estimate of drug-likeness (QED) is 0.453. The lowest BCUT2D eigenvalue weighted by Gasteiger charge is -2.09. The zero-order valence-corrected chi connectivity index (χ0v) is 10.9. The van der Waals surface area contributed by atoms with E-state index in [0.717, 1.165) is 38.9 Å². The van der Waals surface area contributed by atoms with Crippen LogP contribution in [0.4, 0.5) is 0 Å². The van der Waals surface area contributed by atoms with E-state index in [1.54, 1.807) is 0 Å². The van der Waals surface area contributed by atoms with Gasteiger partial charge in [-0.3, -0.25) is 4.79 Å². The summed E-state index contributed by atoms with van der Waals surface area (Å²) in [5, 5.41) is 3.40. The molecule has 96 valence electrons. The number of methoxy groups -OCH3 is 1. The summed E-state index contributed by atoms with van der Waals surface area (Å²) >= 11 is 0. The van der Waals surface area contributed by atoms with Crippen LogP contribution in [0, 0.1) is 0 Å². The van der Waals surface area contributed by atoms with Crippen molar-refractivity contribution < 1.29 is 9.53 Å². The van der Waals surface area contributed by atoms with Crippen molar-refractivity contribution >= 4 is 5.97 Å². The van der Waals surface area contributed by atoms with E-state index in [2.05, 4.69) is 29.0 Å². The van der Waals surface area contributed by atoms with Crippen LogP contribution in [0.1, 0.15) is 32.1 Å². The Morgan fingerprint density at radius 1 is 1.12 bits per heavy atom. The van der Waals surface area contributed by atoms with Crippen LogP contribution in [0.25, 0.3) is 0 Å². The van der Waals surface area contributed by atoms with Gasteiger partial charge >= 0.3 is 5.97 Å². The number of esters is 1. The highest BCUT2D eigenvalue weighted by Crippen LogP contribution is 1.99. The molecule has 0 aliphatic rings. The molecule has 0 saturated carbocycles. The molecule has 0 amide bonds. The number of nitrogens with one attached hydrogen (secondary N) is 1. The summed E-state index contributed by atoms with van der Waals surface area (Å²) in [7, 11) is 5.62. The van der Waals surface area contributed by atoms with Gasteiger partial charge in [-0.1, -0.05) is 6.42 Å². The fraction of sp³-hybridized carbons (Fsp3) is 0.917. The monoisotopic (exact) mass is 230 g/mol. The van der Waals surface area contributed by atoms with Gasteiger partial charge in [0.25, 0.3) is 0 Å². The third kappa shape index (κ3) is 11.5. The minimum absolute atomic E-state index is 0.0982. The van der Waals surface area contributed by atoms with Gasteiger partial charge in [0.1, 0.15) is 0 Å². The maximum Gasteiger partial charge on any atom is 0.305 e.